The number of aryl methyl sites for hydroxylation is 1. The lowest BCUT2D eigenvalue weighted by atomic mass is 9.85. The molecule has 2 rings (SSSR count). The highest BCUT2D eigenvalue weighted by Crippen LogP contribution is 2.34. The van der Waals surface area contributed by atoms with Gasteiger partial charge in [-0.3, -0.25) is 9.48 Å². The van der Waals surface area contributed by atoms with E-state index in [9.17, 15) is 4.79 Å². The molecule has 1 saturated heterocycles. The zero-order valence-electron chi connectivity index (χ0n) is 10.6. The SMILES string of the molecule is CC(=O)N1C[C@@H](Oc2nn(C)cc2N)C1(C)C. The number of hydrogen-bond acceptors (Lipinski definition) is 4. The van der Waals surface area contributed by atoms with Crippen molar-refractivity contribution in [2.75, 3.05) is 12.3 Å². The van der Waals surface area contributed by atoms with Gasteiger partial charge in [0.25, 0.3) is 5.88 Å². The van der Waals surface area contributed by atoms with Crippen LogP contribution in [0.15, 0.2) is 6.20 Å². The van der Waals surface area contributed by atoms with E-state index in [0.717, 1.165) is 0 Å². The van der Waals surface area contributed by atoms with Crippen molar-refractivity contribution in [2.45, 2.75) is 32.4 Å². The fraction of sp³-hybridized carbons (Fsp3) is 0.636. The third-order valence-electron chi connectivity index (χ3n) is 3.29. The fourth-order valence-electron chi connectivity index (χ4n) is 2.11. The summed E-state index contributed by atoms with van der Waals surface area (Å²) in [5, 5.41) is 4.13. The second kappa shape index (κ2) is 3.65. The Morgan fingerprint density at radius 3 is 2.71 bits per heavy atom. The van der Waals surface area contributed by atoms with E-state index in [4.69, 9.17) is 10.5 Å². The number of carbonyl (C=O) groups excluding carboxylic acids is 1. The maximum Gasteiger partial charge on any atom is 0.256 e. The number of nitrogens with zero attached hydrogens (tertiary/aromatic N) is 3. The maximum absolute atomic E-state index is 11.3. The van der Waals surface area contributed by atoms with Crippen molar-refractivity contribution < 1.29 is 9.53 Å². The first-order valence-electron chi connectivity index (χ1n) is 5.56. The first kappa shape index (κ1) is 11.8. The average molecular weight is 238 g/mol. The Morgan fingerprint density at radius 1 is 1.65 bits per heavy atom. The van der Waals surface area contributed by atoms with Gasteiger partial charge in [0.15, 0.2) is 0 Å². The number of amides is 1. The molecule has 0 radical (unpaired) electrons. The maximum atomic E-state index is 11.3. The van der Waals surface area contributed by atoms with E-state index in [1.165, 1.54) is 0 Å². The highest BCUT2D eigenvalue weighted by molar-refractivity contribution is 5.75. The van der Waals surface area contributed by atoms with Crippen molar-refractivity contribution in [3.05, 3.63) is 6.20 Å². The molecule has 6 nitrogen and oxygen atoms in total. The van der Waals surface area contributed by atoms with Gasteiger partial charge in [0, 0.05) is 14.0 Å². The molecule has 2 N–H and O–H groups in total. The van der Waals surface area contributed by atoms with Gasteiger partial charge < -0.3 is 15.4 Å². The molecule has 1 fully saturated rings. The molecule has 1 atom stereocenters. The predicted molar refractivity (Wildman–Crippen MR) is 63.5 cm³/mol. The molecule has 1 amide bonds. The summed E-state index contributed by atoms with van der Waals surface area (Å²) in [6.45, 7) is 6.09. The lowest BCUT2D eigenvalue weighted by Gasteiger charge is -2.53. The van der Waals surface area contributed by atoms with Crippen molar-refractivity contribution >= 4 is 11.6 Å². The minimum Gasteiger partial charge on any atom is -0.467 e. The van der Waals surface area contributed by atoms with Gasteiger partial charge in [-0.1, -0.05) is 0 Å². The topological polar surface area (TPSA) is 73.4 Å². The molecular formula is C11H18N4O2. The van der Waals surface area contributed by atoms with E-state index in [1.54, 1.807) is 29.7 Å². The molecule has 94 valence electrons. The van der Waals surface area contributed by atoms with Crippen LogP contribution in [0.3, 0.4) is 0 Å². The standard InChI is InChI=1S/C11H18N4O2/c1-7(16)15-6-9(11(15,2)3)17-10-8(12)5-14(4)13-10/h5,9H,6,12H2,1-4H3/t9-/m1/s1. The zero-order chi connectivity index (χ0) is 12.8. The molecule has 1 aromatic rings. The smallest absolute Gasteiger partial charge is 0.256 e. The first-order valence-corrected chi connectivity index (χ1v) is 5.56. The molecule has 0 saturated carbocycles. The molecule has 0 unspecified atom stereocenters. The van der Waals surface area contributed by atoms with E-state index in [1.807, 2.05) is 13.8 Å². The van der Waals surface area contributed by atoms with Gasteiger partial charge in [0.2, 0.25) is 5.91 Å². The molecule has 1 aromatic heterocycles. The van der Waals surface area contributed by atoms with Crippen LogP contribution < -0.4 is 10.5 Å². The molecule has 17 heavy (non-hydrogen) atoms. The molecule has 2 heterocycles. The van der Waals surface area contributed by atoms with Gasteiger partial charge in [-0.05, 0) is 13.8 Å². The van der Waals surface area contributed by atoms with Gasteiger partial charge in [-0.2, -0.15) is 0 Å². The van der Waals surface area contributed by atoms with Crippen LogP contribution in [0, 0.1) is 0 Å². The summed E-state index contributed by atoms with van der Waals surface area (Å²) in [6, 6.07) is 0. The van der Waals surface area contributed by atoms with Crippen LogP contribution in [0.25, 0.3) is 0 Å². The molecule has 0 bridgehead atoms. The lowest BCUT2D eigenvalue weighted by molar-refractivity contribution is -0.158. The average Bonchev–Trinajstić information content (AvgIpc) is 2.50. The van der Waals surface area contributed by atoms with Crippen molar-refractivity contribution in [3.8, 4) is 5.88 Å². The Kier molecular flexibility index (Phi) is 2.52. The summed E-state index contributed by atoms with van der Waals surface area (Å²) in [4.78, 5) is 13.1. The van der Waals surface area contributed by atoms with E-state index < -0.39 is 0 Å². The number of rotatable bonds is 2. The Balaban J connectivity index is 2.08. The number of likely N-dealkylation sites (tertiary alicyclic amines) is 1. The zero-order valence-corrected chi connectivity index (χ0v) is 10.6. The number of carbonyl (C=O) groups is 1. The Bertz CT molecular complexity index is 452. The third kappa shape index (κ3) is 1.83. The summed E-state index contributed by atoms with van der Waals surface area (Å²) in [7, 11) is 1.79. The second-order valence-corrected chi connectivity index (χ2v) is 4.95. The van der Waals surface area contributed by atoms with Crippen LogP contribution >= 0.6 is 0 Å². The lowest BCUT2D eigenvalue weighted by Crippen LogP contribution is -2.70. The highest BCUT2D eigenvalue weighted by Gasteiger charge is 2.50. The summed E-state index contributed by atoms with van der Waals surface area (Å²) in [6.07, 6.45) is 1.63. The van der Waals surface area contributed by atoms with Gasteiger partial charge >= 0.3 is 0 Å². The van der Waals surface area contributed by atoms with Crippen LogP contribution in [0.5, 0.6) is 5.88 Å². The molecule has 0 aromatic carbocycles. The predicted octanol–water partition coefficient (Wildman–Crippen LogP) is 0.390. The van der Waals surface area contributed by atoms with Crippen LogP contribution in [-0.2, 0) is 11.8 Å². The fourth-order valence-corrected chi connectivity index (χ4v) is 2.11. The van der Waals surface area contributed by atoms with E-state index in [0.29, 0.717) is 18.1 Å². The second-order valence-electron chi connectivity index (χ2n) is 4.95. The molecule has 0 spiro atoms. The number of nitrogen functional groups attached to an aromatic ring is 1. The molecule has 0 aliphatic carbocycles. The van der Waals surface area contributed by atoms with Crippen molar-refractivity contribution in [3.63, 3.8) is 0 Å². The van der Waals surface area contributed by atoms with Crippen LogP contribution in [0.4, 0.5) is 5.69 Å². The number of hydrogen-bond donors (Lipinski definition) is 1. The summed E-state index contributed by atoms with van der Waals surface area (Å²) < 4.78 is 7.36. The van der Waals surface area contributed by atoms with Gasteiger partial charge in [0.1, 0.15) is 11.8 Å². The largest absolute Gasteiger partial charge is 0.467 e. The quantitative estimate of drug-likeness (QED) is 0.809. The van der Waals surface area contributed by atoms with E-state index in [2.05, 4.69) is 5.10 Å². The summed E-state index contributed by atoms with van der Waals surface area (Å²) in [5.74, 6) is 0.498. The van der Waals surface area contributed by atoms with Gasteiger partial charge in [-0.25, -0.2) is 0 Å². The number of ether oxygens (including phenoxy) is 1. The first-order chi connectivity index (χ1) is 7.82. The molecule has 1 aliphatic rings. The Labute approximate surface area is 100 Å². The highest BCUT2D eigenvalue weighted by atomic mass is 16.5. The van der Waals surface area contributed by atoms with Crippen molar-refractivity contribution in [2.24, 2.45) is 7.05 Å². The Morgan fingerprint density at radius 2 is 2.29 bits per heavy atom. The molecular weight excluding hydrogens is 220 g/mol. The monoisotopic (exact) mass is 238 g/mol. The minimum absolute atomic E-state index is 0.0591. The van der Waals surface area contributed by atoms with Crippen molar-refractivity contribution in [1.29, 1.82) is 0 Å². The third-order valence-corrected chi connectivity index (χ3v) is 3.29. The number of nitrogens with two attached hydrogens (primary N) is 1. The number of anilines is 1. The Hall–Kier alpha value is -1.72. The summed E-state index contributed by atoms with van der Waals surface area (Å²) >= 11 is 0. The van der Waals surface area contributed by atoms with Crippen LogP contribution in [0.1, 0.15) is 20.8 Å². The van der Waals surface area contributed by atoms with Crippen LogP contribution in [0.2, 0.25) is 0 Å². The summed E-state index contributed by atoms with van der Waals surface area (Å²) in [5.41, 5.74) is 5.97. The molecule has 6 heteroatoms. The van der Waals surface area contributed by atoms with Crippen molar-refractivity contribution in [1.82, 2.24) is 14.7 Å². The van der Waals surface area contributed by atoms with Crippen LogP contribution in [-0.4, -0.2) is 38.8 Å². The molecule has 1 aliphatic heterocycles. The van der Waals surface area contributed by atoms with E-state index >= 15 is 0 Å². The van der Waals surface area contributed by atoms with Gasteiger partial charge in [-0.15, -0.1) is 5.10 Å². The number of aromatic nitrogens is 2. The van der Waals surface area contributed by atoms with Gasteiger partial charge in [0.05, 0.1) is 18.3 Å². The normalized spacial score (nSPS) is 22.1. The van der Waals surface area contributed by atoms with E-state index in [-0.39, 0.29) is 17.6 Å². The minimum atomic E-state index is -0.310.